The third-order valence-corrected chi connectivity index (χ3v) is 7.28. The van der Waals surface area contributed by atoms with E-state index < -0.39 is 34.1 Å². The zero-order valence-electron chi connectivity index (χ0n) is 21.3. The number of anilines is 3. The third-order valence-electron chi connectivity index (χ3n) is 5.84. The topological polar surface area (TPSA) is 126 Å². The molecule has 0 saturated carbocycles. The van der Waals surface area contributed by atoms with Gasteiger partial charge < -0.3 is 10.1 Å². The van der Waals surface area contributed by atoms with E-state index in [4.69, 9.17) is 4.74 Å². The van der Waals surface area contributed by atoms with Crippen molar-refractivity contribution in [2.75, 3.05) is 22.0 Å². The number of benzene rings is 3. The number of carbonyl (C=O) groups is 2. The number of aromatic nitrogens is 1. The fourth-order valence-electron chi connectivity index (χ4n) is 3.60. The van der Waals surface area contributed by atoms with Crippen LogP contribution in [0.4, 0.5) is 26.2 Å². The Kier molecular flexibility index (Phi) is 8.10. The van der Waals surface area contributed by atoms with E-state index in [-0.39, 0.29) is 17.2 Å². The van der Waals surface area contributed by atoms with Crippen LogP contribution in [0.25, 0.3) is 10.8 Å². The number of fused-ring (bicyclic) bond motifs is 1. The average Bonchev–Trinajstić information content (AvgIpc) is 2.93. The van der Waals surface area contributed by atoms with Gasteiger partial charge >= 0.3 is 6.09 Å². The lowest BCUT2D eigenvalue weighted by molar-refractivity contribution is -0.124. The summed E-state index contributed by atoms with van der Waals surface area (Å²) in [5, 5.41) is 6.18. The van der Waals surface area contributed by atoms with Crippen molar-refractivity contribution in [3.05, 3.63) is 90.8 Å². The molecule has 202 valence electrons. The van der Waals surface area contributed by atoms with Crippen LogP contribution in [0.1, 0.15) is 19.4 Å². The quantitative estimate of drug-likeness (QED) is 0.245. The average molecular weight is 551 g/mol. The number of hydrogen-bond donors (Lipinski definition) is 3. The zero-order chi connectivity index (χ0) is 28.0. The Balaban J connectivity index is 1.50. The normalized spacial score (nSPS) is 11.6. The molecular weight excluding hydrogens is 523 g/mol. The van der Waals surface area contributed by atoms with Crippen molar-refractivity contribution in [3.63, 3.8) is 0 Å². The molecule has 4 aromatic rings. The minimum atomic E-state index is -4.03. The molecule has 4 rings (SSSR count). The molecule has 39 heavy (non-hydrogen) atoms. The number of hydrogen-bond acceptors (Lipinski definition) is 6. The van der Waals surface area contributed by atoms with Gasteiger partial charge in [-0.05, 0) is 56.3 Å². The largest absolute Gasteiger partial charge is 0.444 e. The zero-order valence-corrected chi connectivity index (χ0v) is 22.1. The van der Waals surface area contributed by atoms with Gasteiger partial charge in [-0.3, -0.25) is 19.8 Å². The Hall–Kier alpha value is -4.51. The molecule has 1 heterocycles. The van der Waals surface area contributed by atoms with E-state index in [1.165, 1.54) is 44.2 Å². The second kappa shape index (κ2) is 11.5. The van der Waals surface area contributed by atoms with Crippen molar-refractivity contribution in [1.29, 1.82) is 0 Å². The molecule has 0 unspecified atom stereocenters. The maximum atomic E-state index is 13.3. The maximum absolute atomic E-state index is 13.3. The number of nitrogens with zero attached hydrogens (tertiary/aromatic N) is 1. The Labute approximate surface area is 225 Å². The van der Waals surface area contributed by atoms with Crippen LogP contribution in [-0.2, 0) is 26.2 Å². The molecule has 0 radical (unpaired) electrons. The molecule has 3 N–H and O–H groups in total. The molecular formula is C28H27FN4O5S. The van der Waals surface area contributed by atoms with E-state index in [0.29, 0.717) is 22.1 Å². The number of pyridine rings is 1. The number of amides is 2. The second-order valence-corrected chi connectivity index (χ2v) is 11.0. The Bertz CT molecular complexity index is 1590. The highest BCUT2D eigenvalue weighted by Gasteiger charge is 2.27. The first-order valence-corrected chi connectivity index (χ1v) is 13.4. The van der Waals surface area contributed by atoms with Crippen LogP contribution in [-0.4, -0.2) is 32.1 Å². The Morgan fingerprint density at radius 2 is 1.59 bits per heavy atom. The minimum absolute atomic E-state index is 0.00875. The van der Waals surface area contributed by atoms with Crippen LogP contribution in [0.3, 0.4) is 0 Å². The van der Waals surface area contributed by atoms with Gasteiger partial charge in [-0.15, -0.1) is 0 Å². The smallest absolute Gasteiger partial charge is 0.411 e. The van der Waals surface area contributed by atoms with Crippen LogP contribution < -0.4 is 15.4 Å². The molecule has 1 aromatic heterocycles. The lowest BCUT2D eigenvalue weighted by atomic mass is 9.94. The maximum Gasteiger partial charge on any atom is 0.411 e. The van der Waals surface area contributed by atoms with E-state index in [0.717, 1.165) is 5.56 Å². The molecule has 0 aliphatic carbocycles. The molecule has 0 fully saturated rings. The lowest BCUT2D eigenvalue weighted by Crippen LogP contribution is -2.32. The molecule has 11 heteroatoms. The third kappa shape index (κ3) is 6.68. The van der Waals surface area contributed by atoms with Crippen molar-refractivity contribution in [2.24, 2.45) is 5.41 Å². The monoisotopic (exact) mass is 550 g/mol. The van der Waals surface area contributed by atoms with Gasteiger partial charge in [0, 0.05) is 40.1 Å². The van der Waals surface area contributed by atoms with Crippen molar-refractivity contribution < 1.29 is 27.1 Å². The van der Waals surface area contributed by atoms with E-state index in [1.54, 1.807) is 54.9 Å². The lowest BCUT2D eigenvalue weighted by Gasteiger charge is -2.19. The van der Waals surface area contributed by atoms with Gasteiger partial charge in [0.05, 0.1) is 16.0 Å². The molecule has 0 atom stereocenters. The summed E-state index contributed by atoms with van der Waals surface area (Å²) in [5.41, 5.74) is 0.600. The number of sulfonamides is 1. The van der Waals surface area contributed by atoms with Crippen molar-refractivity contribution >= 4 is 49.9 Å². The highest BCUT2D eigenvalue weighted by atomic mass is 32.2. The Morgan fingerprint density at radius 3 is 2.28 bits per heavy atom. The number of halogens is 1. The van der Waals surface area contributed by atoms with Gasteiger partial charge in [0.25, 0.3) is 10.0 Å². The number of ether oxygens (including phenoxy) is 1. The van der Waals surface area contributed by atoms with E-state index in [2.05, 4.69) is 20.3 Å². The highest BCUT2D eigenvalue weighted by molar-refractivity contribution is 7.93. The van der Waals surface area contributed by atoms with Crippen molar-refractivity contribution in [2.45, 2.75) is 25.3 Å². The molecule has 0 saturated heterocycles. The van der Waals surface area contributed by atoms with Gasteiger partial charge in [-0.25, -0.2) is 17.6 Å². The molecule has 9 nitrogen and oxygen atoms in total. The van der Waals surface area contributed by atoms with Gasteiger partial charge in [0.1, 0.15) is 13.3 Å². The SMILES string of the molecule is CC(C)(CF)C(=O)Nc1ccc(NS(=O)(=O)c2cccc3c(NC(=O)OCc4cccnc4)cccc23)cc1. The minimum Gasteiger partial charge on any atom is -0.444 e. The van der Waals surface area contributed by atoms with Gasteiger partial charge in [0.2, 0.25) is 5.91 Å². The first-order valence-electron chi connectivity index (χ1n) is 11.9. The van der Waals surface area contributed by atoms with E-state index in [9.17, 15) is 22.4 Å². The summed E-state index contributed by atoms with van der Waals surface area (Å²) >= 11 is 0. The summed E-state index contributed by atoms with van der Waals surface area (Å²) in [4.78, 5) is 28.6. The fraction of sp³-hybridized carbons (Fsp3) is 0.179. The van der Waals surface area contributed by atoms with Crippen LogP contribution in [0.5, 0.6) is 0 Å². The van der Waals surface area contributed by atoms with Crippen molar-refractivity contribution in [1.82, 2.24) is 4.98 Å². The van der Waals surface area contributed by atoms with Gasteiger partial charge in [-0.1, -0.05) is 30.3 Å². The fourth-order valence-corrected chi connectivity index (χ4v) is 4.88. The van der Waals surface area contributed by atoms with Gasteiger partial charge in [0.15, 0.2) is 0 Å². The summed E-state index contributed by atoms with van der Waals surface area (Å²) in [7, 11) is -4.03. The summed E-state index contributed by atoms with van der Waals surface area (Å²) in [6, 6.07) is 19.2. The summed E-state index contributed by atoms with van der Waals surface area (Å²) in [5.74, 6) is -0.487. The van der Waals surface area contributed by atoms with E-state index in [1.807, 2.05) is 0 Å². The summed E-state index contributed by atoms with van der Waals surface area (Å²) < 4.78 is 47.4. The van der Waals surface area contributed by atoms with Crippen LogP contribution in [0, 0.1) is 5.41 Å². The second-order valence-electron chi connectivity index (χ2n) is 9.37. The van der Waals surface area contributed by atoms with Crippen LogP contribution in [0.15, 0.2) is 90.1 Å². The summed E-state index contributed by atoms with van der Waals surface area (Å²) in [6.45, 7) is 2.19. The first kappa shape index (κ1) is 27.5. The van der Waals surface area contributed by atoms with Crippen LogP contribution >= 0.6 is 0 Å². The standard InChI is InChI=1S/C28H27FN4O5S/c1-28(2,18-29)26(34)31-20-11-13-21(14-12-20)33-39(36,37)25-10-4-7-22-23(25)8-3-9-24(22)32-27(35)38-17-19-6-5-15-30-16-19/h3-16,33H,17-18H2,1-2H3,(H,31,34)(H,32,35). The molecule has 2 amide bonds. The first-order chi connectivity index (χ1) is 18.6. The van der Waals surface area contributed by atoms with Crippen molar-refractivity contribution in [3.8, 4) is 0 Å². The molecule has 0 spiro atoms. The van der Waals surface area contributed by atoms with Crippen LogP contribution in [0.2, 0.25) is 0 Å². The highest BCUT2D eigenvalue weighted by Crippen LogP contribution is 2.30. The molecule has 3 aromatic carbocycles. The predicted octanol–water partition coefficient (Wildman–Crippen LogP) is 5.72. The summed E-state index contributed by atoms with van der Waals surface area (Å²) in [6.07, 6.45) is 2.51. The molecule has 0 bridgehead atoms. The Morgan fingerprint density at radius 1 is 0.897 bits per heavy atom. The number of carbonyl (C=O) groups excluding carboxylic acids is 2. The number of nitrogens with one attached hydrogen (secondary N) is 3. The van der Waals surface area contributed by atoms with Gasteiger partial charge in [-0.2, -0.15) is 0 Å². The molecule has 0 aliphatic rings. The predicted molar refractivity (Wildman–Crippen MR) is 148 cm³/mol. The number of alkyl halides is 1. The molecule has 0 aliphatic heterocycles. The van der Waals surface area contributed by atoms with E-state index >= 15 is 0 Å². The number of rotatable bonds is 9.